The number of rotatable bonds is 14. The van der Waals surface area contributed by atoms with E-state index < -0.39 is 28.8 Å². The minimum absolute atomic E-state index is 0.0174. The summed E-state index contributed by atoms with van der Waals surface area (Å²) >= 11 is 4.60. The lowest BCUT2D eigenvalue weighted by Gasteiger charge is -2.37. The molecule has 0 spiro atoms. The van der Waals surface area contributed by atoms with Crippen LogP contribution in [-0.2, 0) is 28.4 Å². The van der Waals surface area contributed by atoms with Crippen LogP contribution in [0.4, 0.5) is 28.0 Å². The van der Waals surface area contributed by atoms with Crippen molar-refractivity contribution in [1.29, 1.82) is 0 Å². The number of likely N-dealkylation sites (tertiary alicyclic amines) is 2. The molecule has 2 fully saturated rings. The first-order valence-corrected chi connectivity index (χ1v) is 23.2. The molecule has 4 atom stereocenters. The van der Waals surface area contributed by atoms with Gasteiger partial charge in [0.15, 0.2) is 0 Å². The SMILES string of the molecule is CC(C)(C)OC(=O)N1CCC[C@@H]([C@@H](OCCN)c2cccc(F)c2)C1.CCN(CC)CC.COC(=O)Cl.COC(=O)NCCO[C@@H](c1cccc(F)c1)[C@@H]1CCCN(C(=O)OC(C)(C)C)C1. The van der Waals surface area contributed by atoms with Crippen molar-refractivity contribution in [3.8, 4) is 0 Å². The number of nitrogens with two attached hydrogens (primary N) is 1. The second-order valence-corrected chi connectivity index (χ2v) is 17.9. The van der Waals surface area contributed by atoms with E-state index in [1.807, 2.05) is 53.7 Å². The molecule has 66 heavy (non-hydrogen) atoms. The van der Waals surface area contributed by atoms with Crippen LogP contribution in [0.2, 0.25) is 0 Å². The Balaban J connectivity index is 0.000000532. The Morgan fingerprint density at radius 2 is 1.15 bits per heavy atom. The lowest BCUT2D eigenvalue weighted by atomic mass is 9.88. The molecule has 376 valence electrons. The first kappa shape index (κ1) is 59.7. The normalized spacial score (nSPS) is 17.0. The van der Waals surface area contributed by atoms with Crippen molar-refractivity contribution in [1.82, 2.24) is 20.0 Å². The molecule has 4 rings (SSSR count). The number of piperidine rings is 2. The van der Waals surface area contributed by atoms with Gasteiger partial charge in [-0.05, 0) is 122 Å². The second-order valence-electron chi connectivity index (χ2n) is 17.6. The zero-order chi connectivity index (χ0) is 49.9. The van der Waals surface area contributed by atoms with Crippen molar-refractivity contribution in [2.24, 2.45) is 17.6 Å². The molecule has 2 saturated heterocycles. The van der Waals surface area contributed by atoms with Crippen molar-refractivity contribution in [2.75, 3.05) is 86.3 Å². The first-order chi connectivity index (χ1) is 31.1. The molecule has 3 amide bonds. The van der Waals surface area contributed by atoms with Gasteiger partial charge in [-0.15, -0.1) is 0 Å². The molecular formula is C48H78ClF2N5O10. The van der Waals surface area contributed by atoms with E-state index in [1.165, 1.54) is 58.1 Å². The highest BCUT2D eigenvalue weighted by Crippen LogP contribution is 2.35. The van der Waals surface area contributed by atoms with Gasteiger partial charge < -0.3 is 54.2 Å². The van der Waals surface area contributed by atoms with E-state index in [4.69, 9.17) is 24.7 Å². The van der Waals surface area contributed by atoms with Gasteiger partial charge in [-0.3, -0.25) is 0 Å². The highest BCUT2D eigenvalue weighted by atomic mass is 35.5. The van der Waals surface area contributed by atoms with Crippen molar-refractivity contribution in [3.63, 3.8) is 0 Å². The van der Waals surface area contributed by atoms with E-state index in [0.717, 1.165) is 31.2 Å². The molecule has 15 nitrogen and oxygen atoms in total. The van der Waals surface area contributed by atoms with Crippen molar-refractivity contribution < 1.29 is 56.4 Å². The summed E-state index contributed by atoms with van der Waals surface area (Å²) in [5, 5.41) is 2.56. The molecule has 0 bridgehead atoms. The highest BCUT2D eigenvalue weighted by Gasteiger charge is 2.35. The van der Waals surface area contributed by atoms with Crippen molar-refractivity contribution in [3.05, 3.63) is 71.3 Å². The molecule has 0 aliphatic carbocycles. The maximum absolute atomic E-state index is 13.8. The number of alkyl carbamates (subject to hydrolysis) is 1. The summed E-state index contributed by atoms with van der Waals surface area (Å²) in [6.45, 7) is 24.7. The minimum Gasteiger partial charge on any atom is -0.457 e. The predicted octanol–water partition coefficient (Wildman–Crippen LogP) is 9.72. The number of ether oxygens (including phenoxy) is 6. The highest BCUT2D eigenvalue weighted by molar-refractivity contribution is 6.61. The summed E-state index contributed by atoms with van der Waals surface area (Å²) in [6, 6.07) is 12.7. The molecule has 2 aliphatic rings. The monoisotopic (exact) mass is 958 g/mol. The summed E-state index contributed by atoms with van der Waals surface area (Å²) in [4.78, 5) is 51.2. The number of methoxy groups -OCH3 is 2. The molecule has 0 unspecified atom stereocenters. The molecule has 0 aromatic heterocycles. The fraction of sp³-hybridized carbons (Fsp3) is 0.667. The number of benzene rings is 2. The Morgan fingerprint density at radius 1 is 0.742 bits per heavy atom. The Bertz CT molecular complexity index is 1710. The number of amides is 3. The van der Waals surface area contributed by atoms with Gasteiger partial charge in [-0.1, -0.05) is 45.0 Å². The third-order valence-corrected chi connectivity index (χ3v) is 10.4. The lowest BCUT2D eigenvalue weighted by Crippen LogP contribution is -2.44. The van der Waals surface area contributed by atoms with Crippen LogP contribution in [-0.4, -0.2) is 136 Å². The molecule has 2 aromatic rings. The summed E-state index contributed by atoms with van der Waals surface area (Å²) in [5.41, 5.74) is 5.20. The number of nitrogens with zero attached hydrogens (tertiary/aromatic N) is 3. The Labute approximate surface area is 397 Å². The standard InChI is InChI=1S/C21H31FN2O5.C19H29FN2O3.C6H15N.C2H3ClO2/c1-21(2,3)29-20(26)24-11-6-8-16(14-24)18(15-7-5-9-17(22)13-15)28-12-10-23-19(25)27-4;1-19(2,3)25-18(23)22-10-5-7-15(13-22)17(24-11-9-21)14-6-4-8-16(20)12-14;1-4-7(5-2)6-3;1-5-2(3)4/h5,7,9,13,16,18H,6,8,10-12,14H2,1-4H3,(H,23,25);4,6,8,12,15,17H,5,7,9-11,13,21H2,1-3H3;4-6H2,1-3H3;1H3/t16-,18+;15-,17+;;/m11../s1. The van der Waals surface area contributed by atoms with Crippen molar-refractivity contribution >= 4 is 35.3 Å². The van der Waals surface area contributed by atoms with Crippen LogP contribution >= 0.6 is 11.6 Å². The van der Waals surface area contributed by atoms with E-state index in [9.17, 15) is 28.0 Å². The summed E-state index contributed by atoms with van der Waals surface area (Å²) < 4.78 is 58.8. The Morgan fingerprint density at radius 3 is 1.47 bits per heavy atom. The zero-order valence-electron chi connectivity index (χ0n) is 41.2. The number of carbonyl (C=O) groups excluding carboxylic acids is 4. The molecule has 0 radical (unpaired) electrons. The largest absolute Gasteiger partial charge is 0.457 e. The first-order valence-electron chi connectivity index (χ1n) is 22.8. The van der Waals surface area contributed by atoms with Gasteiger partial charge in [-0.25, -0.2) is 28.0 Å². The van der Waals surface area contributed by atoms with Crippen LogP contribution in [0, 0.1) is 23.5 Å². The zero-order valence-corrected chi connectivity index (χ0v) is 41.9. The van der Waals surface area contributed by atoms with Gasteiger partial charge >= 0.3 is 23.7 Å². The molecule has 0 saturated carbocycles. The van der Waals surface area contributed by atoms with Gasteiger partial charge in [0.1, 0.15) is 22.8 Å². The Hall–Kier alpha value is -4.29. The quantitative estimate of drug-likeness (QED) is 0.105. The Kier molecular flexibility index (Phi) is 28.6. The molecule has 18 heteroatoms. The summed E-state index contributed by atoms with van der Waals surface area (Å²) in [7, 11) is 2.51. The molecule has 2 aromatic carbocycles. The maximum atomic E-state index is 13.8. The molecule has 2 heterocycles. The van der Waals surface area contributed by atoms with Crippen molar-refractivity contribution in [2.45, 2.75) is 111 Å². The average Bonchev–Trinajstić information content (AvgIpc) is 3.26. The van der Waals surface area contributed by atoms with E-state index in [1.54, 1.807) is 21.9 Å². The van der Waals surface area contributed by atoms with E-state index in [0.29, 0.717) is 44.9 Å². The summed E-state index contributed by atoms with van der Waals surface area (Å²) in [6.07, 6.45) is 1.52. The fourth-order valence-corrected chi connectivity index (χ4v) is 7.15. The van der Waals surface area contributed by atoms with Crippen LogP contribution in [0.25, 0.3) is 0 Å². The molecule has 2 aliphatic heterocycles. The maximum Gasteiger partial charge on any atom is 0.410 e. The van der Waals surface area contributed by atoms with Gasteiger partial charge in [0.25, 0.3) is 0 Å². The molecular weight excluding hydrogens is 880 g/mol. The number of hydrogen-bond donors (Lipinski definition) is 2. The second kappa shape index (κ2) is 31.6. The molecule has 3 N–H and O–H groups in total. The summed E-state index contributed by atoms with van der Waals surface area (Å²) in [5.74, 6) is -0.576. The van der Waals surface area contributed by atoms with Crippen LogP contribution in [0.15, 0.2) is 48.5 Å². The van der Waals surface area contributed by atoms with E-state index in [2.05, 4.69) is 52.1 Å². The third kappa shape index (κ3) is 25.0. The van der Waals surface area contributed by atoms with Crippen LogP contribution in [0.1, 0.15) is 111 Å². The minimum atomic E-state index is -0.773. The number of halogens is 3. The fourth-order valence-electron chi connectivity index (χ4n) is 7.15. The van der Waals surface area contributed by atoms with Gasteiger partial charge in [0.2, 0.25) is 0 Å². The van der Waals surface area contributed by atoms with E-state index >= 15 is 0 Å². The number of hydrogen-bond acceptors (Lipinski definition) is 12. The topological polar surface area (TPSA) is 171 Å². The van der Waals surface area contributed by atoms with Gasteiger partial charge in [-0.2, -0.15) is 0 Å². The number of nitrogens with one attached hydrogen (secondary N) is 1. The average molecular weight is 959 g/mol. The number of carbonyl (C=O) groups is 4. The smallest absolute Gasteiger partial charge is 0.410 e. The lowest BCUT2D eigenvalue weighted by molar-refractivity contribution is -0.0248. The van der Waals surface area contributed by atoms with Gasteiger partial charge in [0.05, 0.1) is 39.6 Å². The van der Waals surface area contributed by atoms with Crippen LogP contribution < -0.4 is 11.1 Å². The van der Waals surface area contributed by atoms with Crippen LogP contribution in [0.5, 0.6) is 0 Å². The third-order valence-electron chi connectivity index (χ3n) is 10.2. The van der Waals surface area contributed by atoms with Crippen LogP contribution in [0.3, 0.4) is 0 Å². The van der Waals surface area contributed by atoms with Gasteiger partial charge in [0, 0.05) is 62.7 Å². The van der Waals surface area contributed by atoms with E-state index in [-0.39, 0.29) is 54.9 Å². The predicted molar refractivity (Wildman–Crippen MR) is 252 cm³/mol.